The molecule has 0 aliphatic carbocycles. The number of tetrazole rings is 1. The van der Waals surface area contributed by atoms with Crippen LogP contribution in [0, 0.1) is 0 Å². The summed E-state index contributed by atoms with van der Waals surface area (Å²) in [5.41, 5.74) is 6.10. The molecule has 2 aromatic heterocycles. The van der Waals surface area contributed by atoms with Crippen LogP contribution in [-0.2, 0) is 26.3 Å². The largest absolute Gasteiger partial charge is 0.511 e. The third-order valence-electron chi connectivity index (χ3n) is 9.96. The highest BCUT2D eigenvalue weighted by Crippen LogP contribution is 2.43. The summed E-state index contributed by atoms with van der Waals surface area (Å²) in [6, 6.07) is 47.5. The van der Waals surface area contributed by atoms with Crippen LogP contribution in [-0.4, -0.2) is 61.7 Å². The topological polar surface area (TPSA) is 134 Å². The molecular formula is C47H45N7O5. The van der Waals surface area contributed by atoms with Crippen LogP contribution < -0.4 is 4.90 Å². The molecule has 2 heterocycles. The Morgan fingerprint density at radius 3 is 1.93 bits per heavy atom. The Labute approximate surface area is 343 Å². The number of hydrogen-bond acceptors (Lipinski definition) is 11. The van der Waals surface area contributed by atoms with Crippen LogP contribution in [0.4, 0.5) is 10.6 Å². The molecule has 0 saturated heterocycles. The number of carbonyl (C=O) groups excluding carboxylic acids is 2. The number of unbranched alkanes of at least 4 members (excludes halogenated alkanes) is 1. The van der Waals surface area contributed by atoms with E-state index in [0.29, 0.717) is 24.7 Å². The van der Waals surface area contributed by atoms with Gasteiger partial charge in [-0.1, -0.05) is 153 Å². The first-order valence-electron chi connectivity index (χ1n) is 19.7. The van der Waals surface area contributed by atoms with Crippen molar-refractivity contribution in [1.29, 1.82) is 0 Å². The highest BCUT2D eigenvalue weighted by molar-refractivity contribution is 5.94. The Balaban J connectivity index is 1.23. The maximum atomic E-state index is 13.3. The van der Waals surface area contributed by atoms with Gasteiger partial charge in [0.15, 0.2) is 5.82 Å². The molecule has 0 bridgehead atoms. The summed E-state index contributed by atoms with van der Waals surface area (Å²) in [4.78, 5) is 35.8. The fraction of sp³-hybridized carbons (Fsp3) is 0.213. The first-order chi connectivity index (χ1) is 28.9. The summed E-state index contributed by atoms with van der Waals surface area (Å²) in [6.45, 7) is 6.43. The molecule has 0 amide bonds. The van der Waals surface area contributed by atoms with Crippen molar-refractivity contribution in [3.8, 4) is 22.5 Å². The number of anilines is 1. The molecular weight excluding hydrogens is 743 g/mol. The van der Waals surface area contributed by atoms with Crippen LogP contribution in [0.1, 0.15) is 66.2 Å². The normalized spacial score (nSPS) is 11.7. The van der Waals surface area contributed by atoms with Crippen LogP contribution in [0.3, 0.4) is 0 Å². The van der Waals surface area contributed by atoms with Gasteiger partial charge in [0, 0.05) is 31.8 Å². The van der Waals surface area contributed by atoms with Crippen LogP contribution in [0.5, 0.6) is 0 Å². The Morgan fingerprint density at radius 2 is 1.34 bits per heavy atom. The van der Waals surface area contributed by atoms with E-state index in [1.807, 2.05) is 76.3 Å². The Bertz CT molecular complexity index is 2350. The van der Waals surface area contributed by atoms with E-state index in [9.17, 15) is 9.59 Å². The Kier molecular flexibility index (Phi) is 12.8. The summed E-state index contributed by atoms with van der Waals surface area (Å²) in [7, 11) is 0. The van der Waals surface area contributed by atoms with Gasteiger partial charge in [-0.25, -0.2) is 24.2 Å². The van der Waals surface area contributed by atoms with Gasteiger partial charge in [0.2, 0.25) is 6.29 Å². The molecule has 0 aliphatic rings. The van der Waals surface area contributed by atoms with Crippen molar-refractivity contribution in [2.45, 2.75) is 52.0 Å². The minimum Gasteiger partial charge on any atom is -0.435 e. The number of rotatable bonds is 16. The SMILES string of the molecule is CCCCN(Cc1ccc(-c2ccccc2-c2nnnn2C(c2ccccc2)(c2ccccc2)c2ccccc2)cc1)c1ncncc1C(=O)OC(C)OC(=O)OCC. The highest BCUT2D eigenvalue weighted by atomic mass is 16.8. The van der Waals surface area contributed by atoms with E-state index < -0.39 is 24.0 Å². The second kappa shape index (κ2) is 18.8. The molecule has 5 aromatic carbocycles. The van der Waals surface area contributed by atoms with Crippen molar-refractivity contribution in [1.82, 2.24) is 30.2 Å². The standard InChI is InChI=1S/C47H45N7O5/c1-4-6-30-53(43-42(31-48-33-49-43)45(55)58-34(3)59-46(56)57-5-2)32-35-26-28-36(29-27-35)40-24-16-17-25-41(40)44-50-51-52-54(44)47(37-18-10-7-11-19-37,38-20-12-8-13-21-38)39-22-14-9-15-23-39/h7-29,31,33-34H,4-6,30,32H2,1-3H3. The van der Waals surface area contributed by atoms with Gasteiger partial charge in [-0.15, -0.1) is 5.10 Å². The van der Waals surface area contributed by atoms with Crippen molar-refractivity contribution < 1.29 is 23.8 Å². The fourth-order valence-corrected chi connectivity index (χ4v) is 7.28. The molecule has 0 saturated carbocycles. The van der Waals surface area contributed by atoms with E-state index in [1.54, 1.807) is 6.92 Å². The molecule has 0 N–H and O–H groups in total. The number of ether oxygens (including phenoxy) is 3. The predicted molar refractivity (Wildman–Crippen MR) is 224 cm³/mol. The lowest BCUT2D eigenvalue weighted by Gasteiger charge is -2.36. The molecule has 7 rings (SSSR count). The van der Waals surface area contributed by atoms with Crippen LogP contribution in [0.15, 0.2) is 152 Å². The average Bonchev–Trinajstić information content (AvgIpc) is 3.77. The third-order valence-corrected chi connectivity index (χ3v) is 9.96. The maximum Gasteiger partial charge on any atom is 0.511 e. The zero-order chi connectivity index (χ0) is 41.0. The lowest BCUT2D eigenvalue weighted by atomic mass is 9.77. The fourth-order valence-electron chi connectivity index (χ4n) is 7.28. The van der Waals surface area contributed by atoms with E-state index in [4.69, 9.17) is 24.5 Å². The number of aromatic nitrogens is 6. The minimum absolute atomic E-state index is 0.134. The van der Waals surface area contributed by atoms with Gasteiger partial charge in [-0.2, -0.15) is 0 Å². The lowest BCUT2D eigenvalue weighted by molar-refractivity contribution is -0.0811. The van der Waals surface area contributed by atoms with Crippen LogP contribution in [0.25, 0.3) is 22.5 Å². The zero-order valence-corrected chi connectivity index (χ0v) is 33.2. The molecule has 0 fully saturated rings. The van der Waals surface area contributed by atoms with Gasteiger partial charge < -0.3 is 19.1 Å². The van der Waals surface area contributed by atoms with Gasteiger partial charge in [0.05, 0.1) is 6.61 Å². The van der Waals surface area contributed by atoms with E-state index in [-0.39, 0.29) is 12.2 Å². The lowest BCUT2D eigenvalue weighted by Crippen LogP contribution is -2.39. The van der Waals surface area contributed by atoms with Gasteiger partial charge in [-0.05, 0) is 57.2 Å². The molecule has 298 valence electrons. The summed E-state index contributed by atoms with van der Waals surface area (Å²) in [5.74, 6) is 0.308. The smallest absolute Gasteiger partial charge is 0.435 e. The second-order valence-corrected chi connectivity index (χ2v) is 13.8. The molecule has 1 unspecified atom stereocenters. The third kappa shape index (κ3) is 8.71. The molecule has 59 heavy (non-hydrogen) atoms. The maximum absolute atomic E-state index is 13.3. The van der Waals surface area contributed by atoms with E-state index in [2.05, 4.69) is 94.9 Å². The molecule has 0 aliphatic heterocycles. The van der Waals surface area contributed by atoms with Gasteiger partial charge in [-0.3, -0.25) is 0 Å². The summed E-state index contributed by atoms with van der Waals surface area (Å²) < 4.78 is 17.2. The summed E-state index contributed by atoms with van der Waals surface area (Å²) in [5, 5.41) is 13.8. The molecule has 12 nitrogen and oxygen atoms in total. The molecule has 0 radical (unpaired) electrons. The van der Waals surface area contributed by atoms with Gasteiger partial charge in [0.25, 0.3) is 0 Å². The second-order valence-electron chi connectivity index (χ2n) is 13.8. The number of hydrogen-bond donors (Lipinski definition) is 0. The van der Waals surface area contributed by atoms with Crippen LogP contribution in [0.2, 0.25) is 0 Å². The predicted octanol–water partition coefficient (Wildman–Crippen LogP) is 9.12. The first-order valence-corrected chi connectivity index (χ1v) is 19.7. The number of benzene rings is 5. The van der Waals surface area contributed by atoms with E-state index in [1.165, 1.54) is 19.4 Å². The molecule has 7 aromatic rings. The monoisotopic (exact) mass is 787 g/mol. The molecule has 1 atom stereocenters. The quantitative estimate of drug-likeness (QED) is 0.0527. The molecule has 0 spiro atoms. The van der Waals surface area contributed by atoms with Crippen LogP contribution >= 0.6 is 0 Å². The van der Waals surface area contributed by atoms with Crippen molar-refractivity contribution in [2.75, 3.05) is 18.1 Å². The highest BCUT2D eigenvalue weighted by Gasteiger charge is 2.42. The number of nitrogens with zero attached hydrogens (tertiary/aromatic N) is 7. The van der Waals surface area contributed by atoms with Crippen molar-refractivity contribution in [3.63, 3.8) is 0 Å². The minimum atomic E-state index is -1.18. The summed E-state index contributed by atoms with van der Waals surface area (Å²) >= 11 is 0. The first kappa shape index (κ1) is 40.0. The average molecular weight is 788 g/mol. The molecule has 12 heteroatoms. The van der Waals surface area contributed by atoms with Crippen molar-refractivity contribution >= 4 is 17.9 Å². The summed E-state index contributed by atoms with van der Waals surface area (Å²) in [6.07, 6.45) is 2.50. The Morgan fingerprint density at radius 1 is 0.746 bits per heavy atom. The number of esters is 1. The van der Waals surface area contributed by atoms with E-state index in [0.717, 1.165) is 51.8 Å². The Hall–Kier alpha value is -7.21. The van der Waals surface area contributed by atoms with Gasteiger partial charge in [0.1, 0.15) is 23.2 Å². The van der Waals surface area contributed by atoms with Crippen molar-refractivity contribution in [3.05, 3.63) is 180 Å². The zero-order valence-electron chi connectivity index (χ0n) is 33.2. The van der Waals surface area contributed by atoms with E-state index >= 15 is 0 Å². The number of carbonyl (C=O) groups is 2. The van der Waals surface area contributed by atoms with Gasteiger partial charge >= 0.3 is 12.1 Å². The van der Waals surface area contributed by atoms with Crippen molar-refractivity contribution in [2.24, 2.45) is 0 Å².